The molecule has 0 saturated heterocycles. The van der Waals surface area contributed by atoms with Crippen LogP contribution in [0.3, 0.4) is 0 Å². The zero-order valence-corrected chi connectivity index (χ0v) is 26.0. The lowest BCUT2D eigenvalue weighted by Gasteiger charge is -2.35. The van der Waals surface area contributed by atoms with E-state index in [9.17, 15) is 18.0 Å². The maximum Gasteiger partial charge on any atom is 0.264 e. The Bertz CT molecular complexity index is 1480. The van der Waals surface area contributed by atoms with Crippen LogP contribution >= 0.6 is 0 Å². The Morgan fingerprint density at radius 3 is 2.24 bits per heavy atom. The number of nitrogens with one attached hydrogen (secondary N) is 1. The van der Waals surface area contributed by atoms with Gasteiger partial charge in [-0.05, 0) is 74.9 Å². The van der Waals surface area contributed by atoms with Crippen molar-refractivity contribution in [3.63, 3.8) is 0 Å². The largest absolute Gasteiger partial charge is 0.352 e. The van der Waals surface area contributed by atoms with Crippen molar-refractivity contribution in [1.82, 2.24) is 10.2 Å². The molecule has 0 bridgehead atoms. The first-order chi connectivity index (χ1) is 20.1. The van der Waals surface area contributed by atoms with Crippen molar-refractivity contribution in [2.75, 3.05) is 10.8 Å². The van der Waals surface area contributed by atoms with E-state index in [1.807, 2.05) is 64.1 Å². The first-order valence-electron chi connectivity index (χ1n) is 14.9. The predicted octanol–water partition coefficient (Wildman–Crippen LogP) is 6.06. The molecular weight excluding hydrogens is 546 g/mol. The van der Waals surface area contributed by atoms with Gasteiger partial charge in [0.15, 0.2) is 0 Å². The SMILES string of the molecule is CC[C@@H](C(=O)NC1CCCCC1)N(Cc1cccc(C)c1)C(=O)CN(c1cc(C)ccc1C)S(=O)(=O)c1ccccc1. The molecule has 0 unspecified atom stereocenters. The highest BCUT2D eigenvalue weighted by molar-refractivity contribution is 7.92. The molecule has 2 amide bonds. The summed E-state index contributed by atoms with van der Waals surface area (Å²) < 4.78 is 29.3. The van der Waals surface area contributed by atoms with Crippen molar-refractivity contribution in [2.24, 2.45) is 0 Å². The van der Waals surface area contributed by atoms with Crippen LogP contribution in [0.4, 0.5) is 5.69 Å². The average molecular weight is 590 g/mol. The van der Waals surface area contributed by atoms with E-state index in [2.05, 4.69) is 5.32 Å². The van der Waals surface area contributed by atoms with Gasteiger partial charge in [0.25, 0.3) is 10.0 Å². The Labute approximate surface area is 251 Å². The summed E-state index contributed by atoms with van der Waals surface area (Å²) in [6, 6.07) is 20.9. The fraction of sp³-hybridized carbons (Fsp3) is 0.412. The van der Waals surface area contributed by atoms with E-state index in [0.29, 0.717) is 12.1 Å². The van der Waals surface area contributed by atoms with Gasteiger partial charge in [-0.25, -0.2) is 8.42 Å². The average Bonchev–Trinajstić information content (AvgIpc) is 2.98. The van der Waals surface area contributed by atoms with E-state index in [4.69, 9.17) is 0 Å². The van der Waals surface area contributed by atoms with Gasteiger partial charge in [0.05, 0.1) is 10.6 Å². The molecule has 1 fully saturated rings. The molecule has 0 spiro atoms. The summed E-state index contributed by atoms with van der Waals surface area (Å²) >= 11 is 0. The predicted molar refractivity (Wildman–Crippen MR) is 168 cm³/mol. The van der Waals surface area contributed by atoms with Gasteiger partial charge in [0.1, 0.15) is 12.6 Å². The van der Waals surface area contributed by atoms with Crippen LogP contribution in [0.25, 0.3) is 0 Å². The second kappa shape index (κ2) is 14.0. The molecule has 0 heterocycles. The van der Waals surface area contributed by atoms with Crippen molar-refractivity contribution < 1.29 is 18.0 Å². The number of rotatable bonds is 11. The van der Waals surface area contributed by atoms with Crippen LogP contribution in [0.5, 0.6) is 0 Å². The third-order valence-electron chi connectivity index (χ3n) is 8.02. The van der Waals surface area contributed by atoms with Gasteiger partial charge >= 0.3 is 0 Å². The minimum absolute atomic E-state index is 0.0983. The lowest BCUT2D eigenvalue weighted by molar-refractivity contribution is -0.140. The van der Waals surface area contributed by atoms with Crippen molar-refractivity contribution in [3.8, 4) is 0 Å². The number of carbonyl (C=O) groups is 2. The zero-order valence-electron chi connectivity index (χ0n) is 25.2. The fourth-order valence-corrected chi connectivity index (χ4v) is 7.18. The molecule has 7 nitrogen and oxygen atoms in total. The highest BCUT2D eigenvalue weighted by atomic mass is 32.2. The van der Waals surface area contributed by atoms with Crippen LogP contribution in [-0.4, -0.2) is 43.8 Å². The summed E-state index contributed by atoms with van der Waals surface area (Å²) in [6.07, 6.45) is 5.61. The maximum atomic E-state index is 14.3. The Hall–Kier alpha value is -3.65. The molecule has 224 valence electrons. The first-order valence-corrected chi connectivity index (χ1v) is 16.3. The molecule has 1 atom stereocenters. The highest BCUT2D eigenvalue weighted by Gasteiger charge is 2.35. The fourth-order valence-electron chi connectivity index (χ4n) is 5.69. The quantitative estimate of drug-likeness (QED) is 0.294. The van der Waals surface area contributed by atoms with E-state index in [1.165, 1.54) is 22.9 Å². The molecule has 0 radical (unpaired) electrons. The Kier molecular flexibility index (Phi) is 10.4. The van der Waals surface area contributed by atoms with Crippen LogP contribution in [0, 0.1) is 20.8 Å². The van der Waals surface area contributed by atoms with Crippen LogP contribution in [0.15, 0.2) is 77.7 Å². The molecule has 1 aliphatic carbocycles. The lowest BCUT2D eigenvalue weighted by Crippen LogP contribution is -2.54. The molecular formula is C34H43N3O4S. The Morgan fingerprint density at radius 2 is 1.57 bits per heavy atom. The second-order valence-corrected chi connectivity index (χ2v) is 13.3. The van der Waals surface area contributed by atoms with Crippen molar-refractivity contribution >= 4 is 27.5 Å². The van der Waals surface area contributed by atoms with E-state index >= 15 is 0 Å². The van der Waals surface area contributed by atoms with Crippen LogP contribution < -0.4 is 9.62 Å². The summed E-state index contributed by atoms with van der Waals surface area (Å²) in [5.74, 6) is -0.614. The molecule has 1 N–H and O–H groups in total. The lowest BCUT2D eigenvalue weighted by atomic mass is 9.95. The number of aryl methyl sites for hydroxylation is 3. The zero-order chi connectivity index (χ0) is 30.3. The number of amides is 2. The van der Waals surface area contributed by atoms with Gasteiger partial charge in [0.2, 0.25) is 11.8 Å². The number of sulfonamides is 1. The summed E-state index contributed by atoms with van der Waals surface area (Å²) in [5.41, 5.74) is 3.99. The number of carbonyl (C=O) groups excluding carboxylic acids is 2. The van der Waals surface area contributed by atoms with E-state index in [1.54, 1.807) is 29.2 Å². The Morgan fingerprint density at radius 1 is 0.881 bits per heavy atom. The molecule has 8 heteroatoms. The summed E-state index contributed by atoms with van der Waals surface area (Å²) in [5, 5.41) is 3.20. The van der Waals surface area contributed by atoms with Crippen molar-refractivity contribution in [1.29, 1.82) is 0 Å². The third kappa shape index (κ3) is 7.59. The minimum atomic E-state index is -4.09. The second-order valence-electron chi connectivity index (χ2n) is 11.4. The number of hydrogen-bond acceptors (Lipinski definition) is 4. The highest BCUT2D eigenvalue weighted by Crippen LogP contribution is 2.29. The molecule has 0 aliphatic heterocycles. The number of anilines is 1. The third-order valence-corrected chi connectivity index (χ3v) is 9.79. The Balaban J connectivity index is 1.73. The summed E-state index contributed by atoms with van der Waals surface area (Å²) in [6.45, 7) is 7.38. The minimum Gasteiger partial charge on any atom is -0.352 e. The summed E-state index contributed by atoms with van der Waals surface area (Å²) in [7, 11) is -4.09. The maximum absolute atomic E-state index is 14.3. The summed E-state index contributed by atoms with van der Waals surface area (Å²) in [4.78, 5) is 29.7. The van der Waals surface area contributed by atoms with Gasteiger partial charge in [-0.2, -0.15) is 0 Å². The van der Waals surface area contributed by atoms with Gasteiger partial charge in [-0.3, -0.25) is 13.9 Å². The molecule has 42 heavy (non-hydrogen) atoms. The monoisotopic (exact) mass is 589 g/mol. The smallest absolute Gasteiger partial charge is 0.264 e. The standard InChI is InChI=1S/C34H43N3O4S/c1-5-31(34(39)35-29-15-8-6-9-16-29)36(23-28-14-12-13-25(2)21-28)33(38)24-37(32-22-26(3)19-20-27(32)4)42(40,41)30-17-10-7-11-18-30/h7,10-14,17-22,29,31H,5-6,8-9,15-16,23-24H2,1-4H3,(H,35,39)/t31-/m0/s1. The van der Waals surface area contributed by atoms with Gasteiger partial charge < -0.3 is 10.2 Å². The molecule has 4 rings (SSSR count). The van der Waals surface area contributed by atoms with Crippen LogP contribution in [0.2, 0.25) is 0 Å². The molecule has 0 aromatic heterocycles. The molecule has 3 aromatic rings. The van der Waals surface area contributed by atoms with Crippen molar-refractivity contribution in [3.05, 3.63) is 95.1 Å². The van der Waals surface area contributed by atoms with Crippen LogP contribution in [-0.2, 0) is 26.2 Å². The van der Waals surface area contributed by atoms with E-state index < -0.39 is 28.5 Å². The van der Waals surface area contributed by atoms with Gasteiger partial charge in [-0.15, -0.1) is 0 Å². The number of benzene rings is 3. The molecule has 1 saturated carbocycles. The molecule has 1 aliphatic rings. The van der Waals surface area contributed by atoms with Gasteiger partial charge in [0, 0.05) is 12.6 Å². The number of nitrogens with zero attached hydrogens (tertiary/aromatic N) is 2. The van der Waals surface area contributed by atoms with E-state index in [-0.39, 0.29) is 23.4 Å². The van der Waals surface area contributed by atoms with Gasteiger partial charge in [-0.1, -0.05) is 86.3 Å². The number of hydrogen-bond donors (Lipinski definition) is 1. The normalized spacial score (nSPS) is 14.7. The van der Waals surface area contributed by atoms with Crippen LogP contribution in [0.1, 0.15) is 67.7 Å². The topological polar surface area (TPSA) is 86.8 Å². The molecule has 3 aromatic carbocycles. The van der Waals surface area contributed by atoms with Crippen molar-refractivity contribution in [2.45, 2.75) is 89.7 Å². The first kappa shape index (κ1) is 31.3. The van der Waals surface area contributed by atoms with E-state index in [0.717, 1.165) is 47.9 Å².